The zero-order valence-electron chi connectivity index (χ0n) is 21.9. The highest BCUT2D eigenvalue weighted by atomic mass is 35.5. The molecular weight excluding hydrogens is 554 g/mol. The van der Waals surface area contributed by atoms with Crippen molar-refractivity contribution in [3.63, 3.8) is 0 Å². The third-order valence-electron chi connectivity index (χ3n) is 6.54. The molecule has 11 nitrogen and oxygen atoms in total. The lowest BCUT2D eigenvalue weighted by atomic mass is 10.2. The van der Waals surface area contributed by atoms with Gasteiger partial charge in [0.25, 0.3) is 0 Å². The first-order chi connectivity index (χ1) is 17.8. The number of aromatic nitrogens is 2. The Hall–Kier alpha value is -2.19. The molecule has 1 aromatic heterocycles. The Morgan fingerprint density at radius 1 is 1.03 bits per heavy atom. The Balaban J connectivity index is 1.61. The van der Waals surface area contributed by atoms with Crippen molar-refractivity contribution in [2.45, 2.75) is 39.0 Å². The van der Waals surface area contributed by atoms with E-state index in [0.717, 1.165) is 0 Å². The maximum atomic E-state index is 13.6. The van der Waals surface area contributed by atoms with Gasteiger partial charge in [0.15, 0.2) is 0 Å². The molecule has 0 unspecified atom stereocenters. The first-order valence-corrected chi connectivity index (χ1v) is 16.1. The monoisotopic (exact) mass is 587 g/mol. The van der Waals surface area contributed by atoms with E-state index >= 15 is 0 Å². The van der Waals surface area contributed by atoms with Gasteiger partial charge in [0.05, 0.1) is 36.0 Å². The predicted molar refractivity (Wildman–Crippen MR) is 147 cm³/mol. The molecule has 2 saturated heterocycles. The van der Waals surface area contributed by atoms with Crippen LogP contribution in [-0.2, 0) is 20.0 Å². The van der Waals surface area contributed by atoms with Gasteiger partial charge >= 0.3 is 5.56 Å². The first kappa shape index (κ1) is 28.8. The number of piperazine rings is 1. The molecule has 0 N–H and O–H groups in total. The average molecular weight is 588 g/mol. The van der Waals surface area contributed by atoms with E-state index in [9.17, 15) is 21.6 Å². The number of anilines is 1. The zero-order valence-corrected chi connectivity index (χ0v) is 24.3. The Bertz CT molecular complexity index is 1430. The van der Waals surface area contributed by atoms with Crippen LogP contribution in [0.15, 0.2) is 35.3 Å². The number of rotatable bonds is 9. The van der Waals surface area contributed by atoms with Gasteiger partial charge < -0.3 is 9.64 Å². The summed E-state index contributed by atoms with van der Waals surface area (Å²) < 4.78 is 60.5. The van der Waals surface area contributed by atoms with Crippen molar-refractivity contribution in [2.24, 2.45) is 5.92 Å². The fourth-order valence-corrected chi connectivity index (χ4v) is 7.73. The van der Waals surface area contributed by atoms with Crippen LogP contribution < -0.4 is 15.2 Å². The molecule has 4 rings (SSSR count). The lowest BCUT2D eigenvalue weighted by Gasteiger charge is -2.40. The molecule has 3 heterocycles. The maximum absolute atomic E-state index is 13.6. The first-order valence-electron chi connectivity index (χ1n) is 12.6. The Labute approximate surface area is 229 Å². The topological polar surface area (TPSA) is 122 Å². The van der Waals surface area contributed by atoms with Crippen LogP contribution in [0.5, 0.6) is 5.75 Å². The quantitative estimate of drug-likeness (QED) is 0.435. The van der Waals surface area contributed by atoms with Crippen molar-refractivity contribution in [3.05, 3.63) is 45.8 Å². The number of hydrogen-bond donors (Lipinski definition) is 0. The van der Waals surface area contributed by atoms with Gasteiger partial charge in [0, 0.05) is 31.2 Å². The highest BCUT2D eigenvalue weighted by Gasteiger charge is 2.39. The van der Waals surface area contributed by atoms with Crippen molar-refractivity contribution in [1.29, 1.82) is 0 Å². The van der Waals surface area contributed by atoms with Crippen LogP contribution in [0.2, 0.25) is 5.02 Å². The van der Waals surface area contributed by atoms with Gasteiger partial charge in [-0.05, 0) is 38.0 Å². The van der Waals surface area contributed by atoms with E-state index in [2.05, 4.69) is 5.10 Å². The molecule has 2 aromatic rings. The van der Waals surface area contributed by atoms with Gasteiger partial charge in [-0.15, -0.1) is 0 Å². The van der Waals surface area contributed by atoms with E-state index < -0.39 is 37.0 Å². The van der Waals surface area contributed by atoms with Crippen LogP contribution in [0.4, 0.5) is 5.69 Å². The number of halogens is 1. The Kier molecular flexibility index (Phi) is 8.43. The fourth-order valence-electron chi connectivity index (χ4n) is 4.43. The van der Waals surface area contributed by atoms with Gasteiger partial charge in [-0.1, -0.05) is 31.5 Å². The summed E-state index contributed by atoms with van der Waals surface area (Å²) in [4.78, 5) is 15.5. The molecule has 1 aromatic carbocycles. The van der Waals surface area contributed by atoms with Crippen molar-refractivity contribution < 1.29 is 21.6 Å². The van der Waals surface area contributed by atoms with E-state index in [1.54, 1.807) is 38.1 Å². The summed E-state index contributed by atoms with van der Waals surface area (Å²) in [7, 11) is -6.80. The van der Waals surface area contributed by atoms with E-state index in [-0.39, 0.29) is 43.6 Å². The Morgan fingerprint density at radius 3 is 2.26 bits per heavy atom. The van der Waals surface area contributed by atoms with Gasteiger partial charge in [0.2, 0.25) is 25.8 Å². The van der Waals surface area contributed by atoms with Crippen LogP contribution in [0.25, 0.3) is 5.69 Å². The number of sulfonamides is 2. The summed E-state index contributed by atoms with van der Waals surface area (Å²) in [5.41, 5.74) is 0.394. The third-order valence-corrected chi connectivity index (χ3v) is 11.2. The minimum atomic E-state index is -3.40. The summed E-state index contributed by atoms with van der Waals surface area (Å²) in [6.07, 6.45) is 1.03. The Morgan fingerprint density at radius 2 is 1.68 bits per heavy atom. The molecule has 0 radical (unpaired) electrons. The van der Waals surface area contributed by atoms with Gasteiger partial charge in [0.1, 0.15) is 11.8 Å². The number of nitrogens with zero attached hydrogens (tertiary/aromatic N) is 5. The van der Waals surface area contributed by atoms with E-state index in [0.29, 0.717) is 29.5 Å². The molecule has 14 heteroatoms. The molecule has 0 aliphatic carbocycles. The van der Waals surface area contributed by atoms with E-state index in [1.165, 1.54) is 19.5 Å². The molecule has 210 valence electrons. The highest BCUT2D eigenvalue weighted by molar-refractivity contribution is 7.89. The highest BCUT2D eigenvalue weighted by Crippen LogP contribution is 2.29. The number of hydrogen-bond acceptors (Lipinski definition) is 8. The second kappa shape index (κ2) is 11.1. The zero-order chi connectivity index (χ0) is 27.8. The summed E-state index contributed by atoms with van der Waals surface area (Å²) in [6.45, 7) is 8.52. The minimum Gasteiger partial charge on any atom is -0.480 e. The molecular formula is C24H34ClN5O6S2. The molecule has 2 aliphatic rings. The van der Waals surface area contributed by atoms with Gasteiger partial charge in [-0.3, -0.25) is 4.79 Å². The molecule has 0 bridgehead atoms. The number of ether oxygens (including phenoxy) is 1. The van der Waals surface area contributed by atoms with Crippen LogP contribution in [0.1, 0.15) is 27.7 Å². The third kappa shape index (κ3) is 6.01. The molecule has 0 atom stereocenters. The fraction of sp³-hybridized carbons (Fsp3) is 0.583. The predicted octanol–water partition coefficient (Wildman–Crippen LogP) is 1.79. The number of benzene rings is 1. The van der Waals surface area contributed by atoms with Crippen molar-refractivity contribution >= 4 is 37.3 Å². The van der Waals surface area contributed by atoms with E-state index in [1.807, 2.05) is 18.7 Å². The van der Waals surface area contributed by atoms with Crippen molar-refractivity contribution in [3.8, 4) is 11.4 Å². The summed E-state index contributed by atoms with van der Waals surface area (Å²) in [6, 6.07) is 6.70. The lowest BCUT2D eigenvalue weighted by molar-refractivity contribution is 0.0744. The molecule has 38 heavy (non-hydrogen) atoms. The van der Waals surface area contributed by atoms with Crippen LogP contribution in [0, 0.1) is 5.92 Å². The molecule has 2 aliphatic heterocycles. The lowest BCUT2D eigenvalue weighted by Crippen LogP contribution is -2.57. The smallest absolute Gasteiger partial charge is 0.316 e. The minimum absolute atomic E-state index is 0.00477. The molecule has 2 fully saturated rings. The van der Waals surface area contributed by atoms with Gasteiger partial charge in [-0.2, -0.15) is 18.4 Å². The van der Waals surface area contributed by atoms with Gasteiger partial charge in [-0.25, -0.2) is 16.8 Å². The normalized spacial score (nSPS) is 18.2. The average Bonchev–Trinajstić information content (AvgIpc) is 2.80. The molecule has 0 spiro atoms. The standard InChI is InChI=1S/C24H34ClN5O6S2/c1-17(2)16-37(32,33)29-14-21(15-29)36-23-22(27-8-10-28(11-9-27)38(34,35)18(3)4)13-26-30(24(23)31)20-7-5-6-19(25)12-20/h5-7,12-13,17-18,21H,8-11,14-16H2,1-4H3. The second-order valence-electron chi connectivity index (χ2n) is 10.3. The van der Waals surface area contributed by atoms with E-state index in [4.69, 9.17) is 16.3 Å². The summed E-state index contributed by atoms with van der Waals surface area (Å²) >= 11 is 6.12. The molecule has 0 saturated carbocycles. The summed E-state index contributed by atoms with van der Waals surface area (Å²) in [5.74, 6) is 0.0895. The van der Waals surface area contributed by atoms with Crippen LogP contribution in [0.3, 0.4) is 0 Å². The second-order valence-corrected chi connectivity index (χ2v) is 15.2. The van der Waals surface area contributed by atoms with Crippen molar-refractivity contribution in [1.82, 2.24) is 18.4 Å². The SMILES string of the molecule is CC(C)CS(=O)(=O)N1CC(Oc2c(N3CCN(S(=O)(=O)C(C)C)CC3)cnn(-c3cccc(Cl)c3)c2=O)C1. The molecule has 0 amide bonds. The largest absolute Gasteiger partial charge is 0.480 e. The summed E-state index contributed by atoms with van der Waals surface area (Å²) in [5, 5.41) is 4.26. The van der Waals surface area contributed by atoms with Crippen molar-refractivity contribution in [2.75, 3.05) is 49.9 Å². The maximum Gasteiger partial charge on any atom is 0.316 e. The van der Waals surface area contributed by atoms with Crippen LogP contribution >= 0.6 is 11.6 Å². The van der Waals surface area contributed by atoms with Crippen LogP contribution in [-0.4, -0.2) is 91.6 Å².